The van der Waals surface area contributed by atoms with Gasteiger partial charge in [0.05, 0.1) is 13.2 Å². The van der Waals surface area contributed by atoms with E-state index in [4.69, 9.17) is 4.74 Å². The molecule has 0 amide bonds. The second-order valence-corrected chi connectivity index (χ2v) is 6.92. The molecule has 25 heavy (non-hydrogen) atoms. The number of hydrogen-bond acceptors (Lipinski definition) is 4. The summed E-state index contributed by atoms with van der Waals surface area (Å²) < 4.78 is 5.35. The van der Waals surface area contributed by atoms with Crippen LogP contribution in [0.1, 0.15) is 25.3 Å². The average molecular weight is 341 g/mol. The van der Waals surface area contributed by atoms with Gasteiger partial charge in [-0.3, -0.25) is 4.90 Å². The molecular weight excluding hydrogens is 314 g/mol. The lowest BCUT2D eigenvalue weighted by molar-refractivity contribution is -0.167. The summed E-state index contributed by atoms with van der Waals surface area (Å²) >= 11 is 0. The predicted molar refractivity (Wildman–Crippen MR) is 99.3 cm³/mol. The first-order valence-corrected chi connectivity index (χ1v) is 8.88. The van der Waals surface area contributed by atoms with Crippen molar-refractivity contribution >= 4 is 0 Å². The van der Waals surface area contributed by atoms with Crippen LogP contribution in [0.15, 0.2) is 54.6 Å². The minimum Gasteiger partial charge on any atom is -0.385 e. The van der Waals surface area contributed by atoms with Gasteiger partial charge in [0.2, 0.25) is 0 Å². The minimum atomic E-state index is -1.28. The Balaban J connectivity index is 1.90. The summed E-state index contributed by atoms with van der Waals surface area (Å²) in [5, 5.41) is 22.0. The lowest BCUT2D eigenvalue weighted by Gasteiger charge is -2.42. The third kappa shape index (κ3) is 3.77. The maximum atomic E-state index is 11.2. The molecule has 1 aliphatic rings. The van der Waals surface area contributed by atoms with Gasteiger partial charge < -0.3 is 14.9 Å². The molecule has 0 bridgehead atoms. The summed E-state index contributed by atoms with van der Waals surface area (Å²) in [4.78, 5) is 1.89. The Hall–Kier alpha value is -1.72. The van der Waals surface area contributed by atoms with Gasteiger partial charge in [-0.1, -0.05) is 61.5 Å². The van der Waals surface area contributed by atoms with Crippen LogP contribution < -0.4 is 0 Å². The van der Waals surface area contributed by atoms with Crippen LogP contribution in [0, 0.1) is 0 Å². The molecule has 3 rings (SSSR count). The number of nitrogens with zero attached hydrogens (tertiary/aromatic N) is 1. The van der Waals surface area contributed by atoms with Gasteiger partial charge in [-0.05, 0) is 23.6 Å². The molecule has 134 valence electrons. The second-order valence-electron chi connectivity index (χ2n) is 6.92. The van der Waals surface area contributed by atoms with E-state index >= 15 is 0 Å². The minimum absolute atomic E-state index is 0.234. The third-order valence-corrected chi connectivity index (χ3v) is 5.30. The first kappa shape index (κ1) is 18.1. The number of benzene rings is 2. The van der Waals surface area contributed by atoms with Crippen LogP contribution >= 0.6 is 0 Å². The van der Waals surface area contributed by atoms with Gasteiger partial charge in [-0.2, -0.15) is 0 Å². The molecule has 2 aromatic rings. The van der Waals surface area contributed by atoms with Gasteiger partial charge in [-0.25, -0.2) is 0 Å². The Morgan fingerprint density at radius 3 is 2.28 bits per heavy atom. The molecular formula is C21H27NO3. The monoisotopic (exact) mass is 341 g/mol. The van der Waals surface area contributed by atoms with Gasteiger partial charge >= 0.3 is 0 Å². The molecule has 1 heterocycles. The summed E-state index contributed by atoms with van der Waals surface area (Å²) in [5.74, 6) is -0.234. The van der Waals surface area contributed by atoms with Crippen molar-refractivity contribution in [2.45, 2.75) is 31.6 Å². The van der Waals surface area contributed by atoms with E-state index in [2.05, 4.69) is 18.2 Å². The SMILES string of the molecule is CC(c1ccccc1-c1ccccc1)C(C)(O)C(O)N1CCOCC1. The van der Waals surface area contributed by atoms with E-state index in [1.807, 2.05) is 48.2 Å². The number of hydrogen-bond donors (Lipinski definition) is 2. The van der Waals surface area contributed by atoms with Crippen LogP contribution in [0.25, 0.3) is 11.1 Å². The number of rotatable bonds is 5. The molecule has 0 radical (unpaired) electrons. The highest BCUT2D eigenvalue weighted by atomic mass is 16.5. The first-order valence-electron chi connectivity index (χ1n) is 8.88. The molecule has 2 N–H and O–H groups in total. The van der Waals surface area contributed by atoms with Gasteiger partial charge in [0.1, 0.15) is 11.8 Å². The summed E-state index contributed by atoms with van der Waals surface area (Å²) in [6.45, 7) is 6.13. The van der Waals surface area contributed by atoms with Crippen LogP contribution in [0.3, 0.4) is 0 Å². The number of morpholine rings is 1. The van der Waals surface area contributed by atoms with Crippen LogP contribution in [0.4, 0.5) is 0 Å². The fraction of sp³-hybridized carbons (Fsp3) is 0.429. The maximum Gasteiger partial charge on any atom is 0.136 e. The molecule has 3 unspecified atom stereocenters. The molecule has 0 aromatic heterocycles. The van der Waals surface area contributed by atoms with Crippen LogP contribution in [0.2, 0.25) is 0 Å². The molecule has 0 spiro atoms. The smallest absolute Gasteiger partial charge is 0.136 e. The van der Waals surface area contributed by atoms with Crippen molar-refractivity contribution in [1.82, 2.24) is 4.90 Å². The van der Waals surface area contributed by atoms with Crippen LogP contribution in [0.5, 0.6) is 0 Å². The molecule has 2 aromatic carbocycles. The highest BCUT2D eigenvalue weighted by Gasteiger charge is 2.41. The highest BCUT2D eigenvalue weighted by molar-refractivity contribution is 5.68. The van der Waals surface area contributed by atoms with E-state index in [9.17, 15) is 10.2 Å². The lowest BCUT2D eigenvalue weighted by atomic mass is 9.79. The van der Waals surface area contributed by atoms with Crippen LogP contribution in [-0.4, -0.2) is 53.2 Å². The summed E-state index contributed by atoms with van der Waals surface area (Å²) in [6.07, 6.45) is -0.935. The van der Waals surface area contributed by atoms with Crippen molar-refractivity contribution in [3.63, 3.8) is 0 Å². The summed E-state index contributed by atoms with van der Waals surface area (Å²) in [7, 11) is 0. The van der Waals surface area contributed by atoms with Crippen LogP contribution in [-0.2, 0) is 4.74 Å². The second kappa shape index (κ2) is 7.67. The van der Waals surface area contributed by atoms with Gasteiger partial charge in [0, 0.05) is 19.0 Å². The predicted octanol–water partition coefficient (Wildman–Crippen LogP) is 2.86. The van der Waals surface area contributed by atoms with E-state index in [1.165, 1.54) is 0 Å². The first-order chi connectivity index (χ1) is 12.0. The molecule has 3 atom stereocenters. The Labute approximate surface area is 149 Å². The Morgan fingerprint density at radius 2 is 1.60 bits per heavy atom. The summed E-state index contributed by atoms with van der Waals surface area (Å²) in [5.41, 5.74) is 1.96. The highest BCUT2D eigenvalue weighted by Crippen LogP contribution is 2.37. The van der Waals surface area contributed by atoms with Gasteiger partial charge in [-0.15, -0.1) is 0 Å². The van der Waals surface area contributed by atoms with Gasteiger partial charge in [0.25, 0.3) is 0 Å². The zero-order valence-electron chi connectivity index (χ0n) is 14.9. The van der Waals surface area contributed by atoms with E-state index in [-0.39, 0.29) is 5.92 Å². The standard InChI is InChI=1S/C21H27NO3/c1-16(21(2,24)20(23)22-12-14-25-15-13-22)18-10-6-7-11-19(18)17-8-4-3-5-9-17/h3-11,16,20,23-24H,12-15H2,1-2H3. The largest absolute Gasteiger partial charge is 0.385 e. The van der Waals surface area contributed by atoms with Crippen molar-refractivity contribution in [3.8, 4) is 11.1 Å². The number of ether oxygens (including phenoxy) is 1. The quantitative estimate of drug-likeness (QED) is 0.878. The van der Waals surface area contributed by atoms with Crippen molar-refractivity contribution in [2.24, 2.45) is 0 Å². The van der Waals surface area contributed by atoms with E-state index < -0.39 is 11.8 Å². The molecule has 4 nitrogen and oxygen atoms in total. The van der Waals surface area contributed by atoms with Gasteiger partial charge in [0.15, 0.2) is 0 Å². The molecule has 1 fully saturated rings. The zero-order valence-corrected chi connectivity index (χ0v) is 14.9. The Morgan fingerprint density at radius 1 is 1.00 bits per heavy atom. The van der Waals surface area contributed by atoms with Crippen molar-refractivity contribution in [2.75, 3.05) is 26.3 Å². The van der Waals surface area contributed by atoms with E-state index in [0.717, 1.165) is 16.7 Å². The van der Waals surface area contributed by atoms with E-state index in [1.54, 1.807) is 6.92 Å². The van der Waals surface area contributed by atoms with Crippen molar-refractivity contribution in [1.29, 1.82) is 0 Å². The molecule has 1 aliphatic heterocycles. The lowest BCUT2D eigenvalue weighted by Crippen LogP contribution is -2.56. The van der Waals surface area contributed by atoms with E-state index in [0.29, 0.717) is 26.3 Å². The Bertz CT molecular complexity index is 681. The number of aliphatic hydroxyl groups is 2. The molecule has 1 saturated heterocycles. The average Bonchev–Trinajstić information content (AvgIpc) is 2.68. The third-order valence-electron chi connectivity index (χ3n) is 5.30. The topological polar surface area (TPSA) is 52.9 Å². The molecule has 4 heteroatoms. The Kier molecular flexibility index (Phi) is 5.54. The van der Waals surface area contributed by atoms with Crippen molar-refractivity contribution in [3.05, 3.63) is 60.2 Å². The molecule has 0 aliphatic carbocycles. The fourth-order valence-electron chi connectivity index (χ4n) is 3.49. The molecule has 0 saturated carbocycles. The normalized spacial score (nSPS) is 20.6. The number of aliphatic hydroxyl groups excluding tert-OH is 1. The fourth-order valence-corrected chi connectivity index (χ4v) is 3.49. The van der Waals surface area contributed by atoms with Crippen molar-refractivity contribution < 1.29 is 14.9 Å². The summed E-state index contributed by atoms with van der Waals surface area (Å²) in [6, 6.07) is 18.2. The maximum absolute atomic E-state index is 11.2. The zero-order chi connectivity index (χ0) is 17.9.